The first-order valence-corrected chi connectivity index (χ1v) is 10.7. The minimum Gasteiger partial charge on any atom is -0.139 e. The smallest absolute Gasteiger partial charge is 0.0449 e. The first-order chi connectivity index (χ1) is 10.9. The summed E-state index contributed by atoms with van der Waals surface area (Å²) < 4.78 is 0. The number of rotatable bonds is 5. The van der Waals surface area contributed by atoms with Gasteiger partial charge in [0.25, 0.3) is 0 Å². The Morgan fingerprint density at radius 3 is 1.87 bits per heavy atom. The fourth-order valence-corrected chi connectivity index (χ4v) is 5.78. The predicted octanol–water partition coefficient (Wildman–Crippen LogP) is 8.02. The van der Waals surface area contributed by atoms with Crippen molar-refractivity contribution in [1.82, 2.24) is 0 Å². The number of hydrogen-bond donors (Lipinski definition) is 0. The molecular formula is C20H24S3. The van der Waals surface area contributed by atoms with Crippen molar-refractivity contribution in [3.63, 3.8) is 0 Å². The van der Waals surface area contributed by atoms with Crippen LogP contribution in [0.4, 0.5) is 0 Å². The Kier molecular flexibility index (Phi) is 4.82. The van der Waals surface area contributed by atoms with Gasteiger partial charge in [0.2, 0.25) is 0 Å². The van der Waals surface area contributed by atoms with Gasteiger partial charge in [-0.3, -0.25) is 0 Å². The highest BCUT2D eigenvalue weighted by molar-refractivity contribution is 7.26. The predicted molar refractivity (Wildman–Crippen MR) is 108 cm³/mol. The normalized spacial score (nSPS) is 12.3. The monoisotopic (exact) mass is 360 g/mol. The molecule has 0 radical (unpaired) electrons. The molecule has 3 aromatic heterocycles. The molecule has 0 aliphatic rings. The van der Waals surface area contributed by atoms with Gasteiger partial charge < -0.3 is 0 Å². The van der Waals surface area contributed by atoms with E-state index in [-0.39, 0.29) is 5.41 Å². The molecular weight excluding hydrogens is 336 g/mol. The molecule has 0 spiro atoms. The zero-order valence-corrected chi connectivity index (χ0v) is 16.9. The van der Waals surface area contributed by atoms with Gasteiger partial charge in [-0.1, -0.05) is 34.6 Å². The van der Waals surface area contributed by atoms with Gasteiger partial charge in [-0.05, 0) is 54.2 Å². The molecule has 0 aliphatic carbocycles. The molecule has 23 heavy (non-hydrogen) atoms. The fraction of sp³-hybridized carbons (Fsp3) is 0.400. The largest absolute Gasteiger partial charge is 0.139 e. The Hall–Kier alpha value is -0.900. The van der Waals surface area contributed by atoms with Crippen LogP contribution in [0.25, 0.3) is 19.5 Å². The number of hydrogen-bond acceptors (Lipinski definition) is 3. The molecule has 3 heteroatoms. The van der Waals surface area contributed by atoms with Gasteiger partial charge in [-0.2, -0.15) is 0 Å². The topological polar surface area (TPSA) is 0 Å². The third kappa shape index (κ3) is 3.47. The average Bonchev–Trinajstić information content (AvgIpc) is 3.24. The van der Waals surface area contributed by atoms with Crippen LogP contribution in [0.2, 0.25) is 0 Å². The first-order valence-electron chi connectivity index (χ1n) is 8.21. The minimum absolute atomic E-state index is 0.281. The quantitative estimate of drug-likeness (QED) is 0.432. The summed E-state index contributed by atoms with van der Waals surface area (Å²) in [4.78, 5) is 8.54. The average molecular weight is 361 g/mol. The molecule has 0 saturated carbocycles. The van der Waals surface area contributed by atoms with Gasteiger partial charge in [0.1, 0.15) is 0 Å². The Morgan fingerprint density at radius 2 is 1.30 bits per heavy atom. The number of thiophene rings is 3. The van der Waals surface area contributed by atoms with E-state index in [2.05, 4.69) is 71.0 Å². The summed E-state index contributed by atoms with van der Waals surface area (Å²) in [7, 11) is 0. The van der Waals surface area contributed by atoms with Crippen LogP contribution in [-0.2, 0) is 5.41 Å². The van der Waals surface area contributed by atoms with Crippen LogP contribution in [0, 0.1) is 0 Å². The standard InChI is InChI=1S/C20H24S3/c1-6-20(4,5)19-12-11-18(23-19)17-10-9-16(22-17)15-8-7-14(21-15)13(2)3/h7-13H,6H2,1-5H3. The van der Waals surface area contributed by atoms with Gasteiger partial charge in [-0.15, -0.1) is 34.0 Å². The second-order valence-corrected chi connectivity index (χ2v) is 10.2. The van der Waals surface area contributed by atoms with Crippen LogP contribution >= 0.6 is 34.0 Å². The molecule has 122 valence electrons. The Morgan fingerprint density at radius 1 is 0.783 bits per heavy atom. The lowest BCUT2D eigenvalue weighted by molar-refractivity contribution is 0.517. The summed E-state index contributed by atoms with van der Waals surface area (Å²) in [5.74, 6) is 0.615. The molecule has 0 aromatic carbocycles. The van der Waals surface area contributed by atoms with Crippen molar-refractivity contribution < 1.29 is 0 Å². The van der Waals surface area contributed by atoms with Gasteiger partial charge in [0.05, 0.1) is 0 Å². The molecule has 0 atom stereocenters. The summed E-state index contributed by atoms with van der Waals surface area (Å²) in [6, 6.07) is 13.7. The van der Waals surface area contributed by atoms with Gasteiger partial charge in [0, 0.05) is 29.3 Å². The van der Waals surface area contributed by atoms with Crippen molar-refractivity contribution in [2.24, 2.45) is 0 Å². The third-order valence-electron chi connectivity index (χ3n) is 4.44. The molecule has 0 N–H and O–H groups in total. The SMILES string of the molecule is CCC(C)(C)c1ccc(-c2ccc(-c3ccc(C(C)C)s3)s2)s1. The highest BCUT2D eigenvalue weighted by Gasteiger charge is 2.21. The van der Waals surface area contributed by atoms with Crippen molar-refractivity contribution in [3.8, 4) is 19.5 Å². The van der Waals surface area contributed by atoms with Crippen LogP contribution in [0.3, 0.4) is 0 Å². The molecule has 3 heterocycles. The van der Waals surface area contributed by atoms with E-state index in [1.54, 1.807) is 0 Å². The van der Waals surface area contributed by atoms with E-state index in [0.29, 0.717) is 5.92 Å². The molecule has 3 rings (SSSR count). The van der Waals surface area contributed by atoms with Crippen LogP contribution < -0.4 is 0 Å². The van der Waals surface area contributed by atoms with E-state index in [9.17, 15) is 0 Å². The lowest BCUT2D eigenvalue weighted by Gasteiger charge is -2.20. The third-order valence-corrected chi connectivity index (χ3v) is 8.76. The van der Waals surface area contributed by atoms with Crippen molar-refractivity contribution in [3.05, 3.63) is 46.2 Å². The van der Waals surface area contributed by atoms with Crippen molar-refractivity contribution in [2.75, 3.05) is 0 Å². The maximum Gasteiger partial charge on any atom is 0.0449 e. The molecule has 0 fully saturated rings. The van der Waals surface area contributed by atoms with Gasteiger partial charge >= 0.3 is 0 Å². The maximum atomic E-state index is 2.33. The van der Waals surface area contributed by atoms with Crippen LogP contribution in [0.15, 0.2) is 36.4 Å². The molecule has 3 aromatic rings. The van der Waals surface area contributed by atoms with Crippen molar-refractivity contribution in [2.45, 2.75) is 52.4 Å². The Labute approximate surface area is 151 Å². The van der Waals surface area contributed by atoms with E-state index in [4.69, 9.17) is 0 Å². The highest BCUT2D eigenvalue weighted by Crippen LogP contribution is 2.43. The lowest BCUT2D eigenvalue weighted by Crippen LogP contribution is -2.12. The Bertz CT molecular complexity index is 783. The summed E-state index contributed by atoms with van der Waals surface area (Å²) in [6.45, 7) is 11.5. The van der Waals surface area contributed by atoms with Gasteiger partial charge in [0.15, 0.2) is 0 Å². The Balaban J connectivity index is 1.87. The summed E-state index contributed by atoms with van der Waals surface area (Å²) in [5.41, 5.74) is 0.281. The van der Waals surface area contributed by atoms with Crippen LogP contribution in [-0.4, -0.2) is 0 Å². The zero-order chi connectivity index (χ0) is 16.6. The minimum atomic E-state index is 0.281. The molecule has 0 aliphatic heterocycles. The first kappa shape index (κ1) is 16.9. The summed E-state index contributed by atoms with van der Waals surface area (Å²) >= 11 is 5.80. The molecule has 0 nitrogen and oxygen atoms in total. The van der Waals surface area contributed by atoms with E-state index in [1.165, 1.54) is 35.7 Å². The highest BCUT2D eigenvalue weighted by atomic mass is 32.1. The van der Waals surface area contributed by atoms with Crippen LogP contribution in [0.5, 0.6) is 0 Å². The van der Waals surface area contributed by atoms with Gasteiger partial charge in [-0.25, -0.2) is 0 Å². The van der Waals surface area contributed by atoms with E-state index < -0.39 is 0 Å². The lowest BCUT2D eigenvalue weighted by atomic mass is 9.89. The zero-order valence-electron chi connectivity index (χ0n) is 14.5. The summed E-state index contributed by atoms with van der Waals surface area (Å²) in [5, 5.41) is 0. The van der Waals surface area contributed by atoms with E-state index >= 15 is 0 Å². The molecule has 0 amide bonds. The maximum absolute atomic E-state index is 2.33. The van der Waals surface area contributed by atoms with E-state index in [1.807, 2.05) is 34.0 Å². The van der Waals surface area contributed by atoms with Crippen LogP contribution in [0.1, 0.15) is 56.7 Å². The summed E-state index contributed by atoms with van der Waals surface area (Å²) in [6.07, 6.45) is 1.18. The molecule has 0 saturated heterocycles. The van der Waals surface area contributed by atoms with Crippen molar-refractivity contribution in [1.29, 1.82) is 0 Å². The van der Waals surface area contributed by atoms with E-state index in [0.717, 1.165) is 0 Å². The second kappa shape index (κ2) is 6.54. The fourth-order valence-electron chi connectivity index (χ4n) is 2.41. The second-order valence-electron chi connectivity index (χ2n) is 6.92. The molecule has 0 bridgehead atoms. The van der Waals surface area contributed by atoms with Crippen molar-refractivity contribution >= 4 is 34.0 Å². The molecule has 0 unspecified atom stereocenters.